The van der Waals surface area contributed by atoms with Gasteiger partial charge in [0.1, 0.15) is 17.2 Å². The molecule has 1 N–H and O–H groups in total. The average Bonchev–Trinajstić information content (AvgIpc) is 2.69. The topological polar surface area (TPSA) is 82.5 Å². The van der Waals surface area contributed by atoms with Gasteiger partial charge in [0, 0.05) is 18.2 Å². The van der Waals surface area contributed by atoms with Gasteiger partial charge in [-0.05, 0) is 18.2 Å². The second kappa shape index (κ2) is 7.92. The van der Waals surface area contributed by atoms with E-state index in [-0.39, 0.29) is 11.3 Å². The molecule has 0 aliphatic carbocycles. The first-order valence-electron chi connectivity index (χ1n) is 7.92. The van der Waals surface area contributed by atoms with Crippen molar-refractivity contribution < 1.29 is 14.3 Å². The van der Waals surface area contributed by atoms with Crippen molar-refractivity contribution in [1.82, 2.24) is 9.78 Å². The molecule has 1 aromatic heterocycles. The number of rotatable bonds is 5. The molecule has 0 unspecified atom stereocenters. The van der Waals surface area contributed by atoms with Gasteiger partial charge in [0.2, 0.25) is 0 Å². The van der Waals surface area contributed by atoms with Crippen molar-refractivity contribution in [2.75, 3.05) is 19.5 Å². The Balaban J connectivity index is 1.95. The van der Waals surface area contributed by atoms with Crippen LogP contribution in [0, 0.1) is 0 Å². The lowest BCUT2D eigenvalue weighted by Crippen LogP contribution is -2.25. The van der Waals surface area contributed by atoms with E-state index in [9.17, 15) is 9.59 Å². The number of benzene rings is 2. The van der Waals surface area contributed by atoms with Gasteiger partial charge >= 0.3 is 0 Å². The molecule has 7 nitrogen and oxygen atoms in total. The third-order valence-electron chi connectivity index (χ3n) is 3.76. The van der Waals surface area contributed by atoms with Gasteiger partial charge in [-0.15, -0.1) is 0 Å². The van der Waals surface area contributed by atoms with E-state index in [1.54, 1.807) is 30.3 Å². The number of carbonyl (C=O) groups excluding carboxylic acids is 1. The molecule has 8 heteroatoms. The van der Waals surface area contributed by atoms with Gasteiger partial charge in [-0.25, -0.2) is 0 Å². The third-order valence-corrected chi connectivity index (χ3v) is 4.05. The van der Waals surface area contributed by atoms with E-state index in [0.717, 1.165) is 4.68 Å². The Hall–Kier alpha value is -3.32. The average molecular weight is 386 g/mol. The summed E-state index contributed by atoms with van der Waals surface area (Å²) in [4.78, 5) is 24.7. The Labute approximate surface area is 160 Å². The molecule has 0 fully saturated rings. The van der Waals surface area contributed by atoms with E-state index in [1.165, 1.54) is 32.4 Å². The minimum atomic E-state index is -0.512. The SMILES string of the molecule is COc1cc(NC(=O)c2ccc(=O)n(-c3ccccc3)n2)c(OC)cc1Cl. The van der Waals surface area contributed by atoms with Crippen molar-refractivity contribution >= 4 is 23.2 Å². The molecule has 2 aromatic carbocycles. The van der Waals surface area contributed by atoms with Crippen LogP contribution in [0.3, 0.4) is 0 Å². The lowest BCUT2D eigenvalue weighted by atomic mass is 10.2. The van der Waals surface area contributed by atoms with Gasteiger partial charge in [-0.1, -0.05) is 29.8 Å². The zero-order chi connectivity index (χ0) is 19.4. The number of halogens is 1. The minimum absolute atomic E-state index is 0.0643. The summed E-state index contributed by atoms with van der Waals surface area (Å²) in [5.41, 5.74) is 0.642. The molecular weight excluding hydrogens is 370 g/mol. The van der Waals surface area contributed by atoms with Crippen LogP contribution in [0.5, 0.6) is 11.5 Å². The monoisotopic (exact) mass is 385 g/mol. The predicted octanol–water partition coefficient (Wildman–Crippen LogP) is 3.16. The van der Waals surface area contributed by atoms with Crippen molar-refractivity contribution in [3.05, 3.63) is 75.7 Å². The largest absolute Gasteiger partial charge is 0.495 e. The lowest BCUT2D eigenvalue weighted by molar-refractivity contribution is 0.102. The van der Waals surface area contributed by atoms with Crippen molar-refractivity contribution in [2.24, 2.45) is 0 Å². The minimum Gasteiger partial charge on any atom is -0.495 e. The van der Waals surface area contributed by atoms with Crippen LogP contribution in [-0.4, -0.2) is 29.9 Å². The Morgan fingerprint density at radius 1 is 1.04 bits per heavy atom. The maximum Gasteiger partial charge on any atom is 0.276 e. The molecule has 3 aromatic rings. The molecule has 0 saturated carbocycles. The van der Waals surface area contributed by atoms with Crippen LogP contribution in [-0.2, 0) is 0 Å². The Morgan fingerprint density at radius 2 is 1.74 bits per heavy atom. The highest BCUT2D eigenvalue weighted by atomic mass is 35.5. The molecule has 0 aliphatic rings. The summed E-state index contributed by atoms with van der Waals surface area (Å²) in [5, 5.41) is 7.20. The van der Waals surface area contributed by atoms with Gasteiger partial charge in [0.05, 0.1) is 30.6 Å². The van der Waals surface area contributed by atoms with Crippen molar-refractivity contribution in [1.29, 1.82) is 0 Å². The number of ether oxygens (including phenoxy) is 2. The summed E-state index contributed by atoms with van der Waals surface area (Å²) >= 11 is 6.07. The predicted molar refractivity (Wildman–Crippen MR) is 102 cm³/mol. The van der Waals surface area contributed by atoms with Crippen LogP contribution >= 0.6 is 11.6 Å². The zero-order valence-corrected chi connectivity index (χ0v) is 15.4. The smallest absolute Gasteiger partial charge is 0.276 e. The molecule has 1 heterocycles. The normalized spacial score (nSPS) is 10.3. The number of aromatic nitrogens is 2. The second-order valence-electron chi connectivity index (χ2n) is 5.45. The highest BCUT2D eigenvalue weighted by Crippen LogP contribution is 2.35. The van der Waals surface area contributed by atoms with Crippen LogP contribution in [0.1, 0.15) is 10.5 Å². The van der Waals surface area contributed by atoms with Gasteiger partial charge in [-0.2, -0.15) is 9.78 Å². The highest BCUT2D eigenvalue weighted by Gasteiger charge is 2.16. The number of hydrogen-bond acceptors (Lipinski definition) is 5. The van der Waals surface area contributed by atoms with Crippen LogP contribution in [0.4, 0.5) is 5.69 Å². The van der Waals surface area contributed by atoms with Gasteiger partial charge in [0.25, 0.3) is 11.5 Å². The fourth-order valence-corrected chi connectivity index (χ4v) is 2.66. The second-order valence-corrected chi connectivity index (χ2v) is 5.85. The number of methoxy groups -OCH3 is 2. The fourth-order valence-electron chi connectivity index (χ4n) is 2.43. The van der Waals surface area contributed by atoms with E-state index in [4.69, 9.17) is 21.1 Å². The first-order chi connectivity index (χ1) is 13.0. The Morgan fingerprint density at radius 3 is 2.41 bits per heavy atom. The lowest BCUT2D eigenvalue weighted by Gasteiger charge is -2.13. The maximum absolute atomic E-state index is 12.6. The molecule has 0 bridgehead atoms. The fraction of sp³-hybridized carbons (Fsp3) is 0.105. The number of nitrogens with zero attached hydrogens (tertiary/aromatic N) is 2. The Kier molecular flexibility index (Phi) is 5.42. The van der Waals surface area contributed by atoms with Crippen molar-refractivity contribution in [3.8, 4) is 17.2 Å². The van der Waals surface area contributed by atoms with Crippen LogP contribution < -0.4 is 20.3 Å². The molecule has 27 heavy (non-hydrogen) atoms. The zero-order valence-electron chi connectivity index (χ0n) is 14.6. The molecule has 0 radical (unpaired) electrons. The van der Waals surface area contributed by atoms with Crippen molar-refractivity contribution in [2.45, 2.75) is 0 Å². The third kappa shape index (κ3) is 3.93. The van der Waals surface area contributed by atoms with Crippen LogP contribution in [0.15, 0.2) is 59.4 Å². The summed E-state index contributed by atoms with van der Waals surface area (Å²) in [6.45, 7) is 0. The number of anilines is 1. The van der Waals surface area contributed by atoms with E-state index in [0.29, 0.717) is 27.9 Å². The van der Waals surface area contributed by atoms with Gasteiger partial charge < -0.3 is 14.8 Å². The van der Waals surface area contributed by atoms with Gasteiger partial charge in [-0.3, -0.25) is 9.59 Å². The molecular formula is C19H16ClN3O4. The highest BCUT2D eigenvalue weighted by molar-refractivity contribution is 6.32. The molecule has 3 rings (SSSR count). The molecule has 0 aliphatic heterocycles. The standard InChI is InChI=1S/C19H16ClN3O4/c1-26-16-11-15(17(27-2)10-13(16)20)21-19(25)14-8-9-18(24)23(22-14)12-6-4-3-5-7-12/h3-11H,1-2H3,(H,21,25). The summed E-state index contributed by atoms with van der Waals surface area (Å²) in [5.74, 6) is 0.239. The number of hydrogen-bond donors (Lipinski definition) is 1. The summed E-state index contributed by atoms with van der Waals surface area (Å²) in [7, 11) is 2.93. The maximum atomic E-state index is 12.6. The first-order valence-corrected chi connectivity index (χ1v) is 8.30. The molecule has 0 saturated heterocycles. The van der Waals surface area contributed by atoms with E-state index < -0.39 is 5.91 Å². The summed E-state index contributed by atoms with van der Waals surface area (Å²) in [6.07, 6.45) is 0. The van der Waals surface area contributed by atoms with E-state index in [1.807, 2.05) is 6.07 Å². The van der Waals surface area contributed by atoms with E-state index in [2.05, 4.69) is 10.4 Å². The summed E-state index contributed by atoms with van der Waals surface area (Å²) < 4.78 is 11.6. The number of amides is 1. The quantitative estimate of drug-likeness (QED) is 0.729. The number of para-hydroxylation sites is 1. The summed E-state index contributed by atoms with van der Waals surface area (Å²) in [6, 6.07) is 14.6. The van der Waals surface area contributed by atoms with Crippen LogP contribution in [0.25, 0.3) is 5.69 Å². The molecule has 1 amide bonds. The molecule has 0 atom stereocenters. The van der Waals surface area contributed by atoms with Crippen molar-refractivity contribution in [3.63, 3.8) is 0 Å². The molecule has 0 spiro atoms. The number of carbonyl (C=O) groups is 1. The van der Waals surface area contributed by atoms with Crippen LogP contribution in [0.2, 0.25) is 5.02 Å². The molecule has 138 valence electrons. The number of nitrogens with one attached hydrogen (secondary N) is 1. The van der Waals surface area contributed by atoms with E-state index >= 15 is 0 Å². The Bertz CT molecular complexity index is 1030. The first kappa shape index (κ1) is 18.5. The van der Waals surface area contributed by atoms with Gasteiger partial charge in [0.15, 0.2) is 0 Å².